The minimum Gasteiger partial charge on any atom is -0.356 e. The van der Waals surface area contributed by atoms with E-state index in [-0.39, 0.29) is 5.25 Å². The molecule has 7 heteroatoms. The predicted molar refractivity (Wildman–Crippen MR) is 90.5 cm³/mol. The summed E-state index contributed by atoms with van der Waals surface area (Å²) in [4.78, 5) is 13.3. The van der Waals surface area contributed by atoms with Crippen molar-refractivity contribution < 1.29 is 8.42 Å². The monoisotopic (exact) mass is 326 g/mol. The first-order valence-corrected chi connectivity index (χ1v) is 9.64. The number of nitrogens with zero attached hydrogens (tertiary/aromatic N) is 4. The number of piperidine rings is 1. The van der Waals surface area contributed by atoms with E-state index in [1.165, 1.54) is 6.26 Å². The van der Waals surface area contributed by atoms with E-state index in [4.69, 9.17) is 0 Å². The summed E-state index contributed by atoms with van der Waals surface area (Å²) in [6.45, 7) is 5.67. The van der Waals surface area contributed by atoms with Gasteiger partial charge in [0, 0.05) is 39.5 Å². The summed E-state index contributed by atoms with van der Waals surface area (Å²) in [5.74, 6) is 1.93. The summed E-state index contributed by atoms with van der Waals surface area (Å²) in [5.41, 5.74) is 1.01. The van der Waals surface area contributed by atoms with Crippen LogP contribution < -0.4 is 9.80 Å². The van der Waals surface area contributed by atoms with E-state index in [9.17, 15) is 8.42 Å². The van der Waals surface area contributed by atoms with E-state index in [1.807, 2.05) is 25.1 Å². The highest BCUT2D eigenvalue weighted by atomic mass is 32.2. The smallest absolute Gasteiger partial charge is 0.227 e. The van der Waals surface area contributed by atoms with Crippen molar-refractivity contribution in [1.29, 1.82) is 0 Å². The first-order valence-electron chi connectivity index (χ1n) is 7.68. The van der Waals surface area contributed by atoms with Gasteiger partial charge in [-0.25, -0.2) is 13.4 Å². The van der Waals surface area contributed by atoms with Gasteiger partial charge in [0.05, 0.1) is 10.9 Å². The van der Waals surface area contributed by atoms with Gasteiger partial charge in [0.2, 0.25) is 5.95 Å². The predicted octanol–water partition coefficient (Wildman–Crippen LogP) is 1.68. The molecule has 0 radical (unpaired) electrons. The van der Waals surface area contributed by atoms with Crippen LogP contribution in [0.25, 0.3) is 0 Å². The molecule has 2 rings (SSSR count). The third kappa shape index (κ3) is 3.88. The van der Waals surface area contributed by atoms with Crippen LogP contribution in [0.5, 0.6) is 0 Å². The van der Waals surface area contributed by atoms with E-state index < -0.39 is 9.84 Å². The average Bonchev–Trinajstić information content (AvgIpc) is 2.46. The highest BCUT2D eigenvalue weighted by Gasteiger charge is 2.27. The van der Waals surface area contributed by atoms with Crippen molar-refractivity contribution in [3.05, 3.63) is 11.8 Å². The Bertz CT molecular complexity index is 594. The van der Waals surface area contributed by atoms with Crippen LogP contribution in [0.1, 0.15) is 38.3 Å². The molecule has 0 amide bonds. The van der Waals surface area contributed by atoms with Gasteiger partial charge in [-0.05, 0) is 18.8 Å². The molecule has 1 saturated heterocycles. The van der Waals surface area contributed by atoms with Crippen molar-refractivity contribution >= 4 is 21.6 Å². The standard InChI is InChI=1S/C15H26N4O2S/c1-11(2)13-10-14(17-15(16-13)18(3)4)19-8-6-12(7-9-19)22(5,20)21/h10-12H,6-9H2,1-5H3. The molecule has 0 spiro atoms. The molecule has 1 aromatic heterocycles. The van der Waals surface area contributed by atoms with Crippen LogP contribution in [0.4, 0.5) is 11.8 Å². The van der Waals surface area contributed by atoms with Gasteiger partial charge in [-0.2, -0.15) is 4.98 Å². The van der Waals surface area contributed by atoms with Crippen molar-refractivity contribution in [1.82, 2.24) is 9.97 Å². The Morgan fingerprint density at radius 2 is 1.82 bits per heavy atom. The lowest BCUT2D eigenvalue weighted by Gasteiger charge is -2.32. The maximum atomic E-state index is 11.7. The SMILES string of the molecule is CC(C)c1cc(N2CCC(S(C)(=O)=O)CC2)nc(N(C)C)n1. The molecule has 124 valence electrons. The second kappa shape index (κ2) is 6.40. The summed E-state index contributed by atoms with van der Waals surface area (Å²) < 4.78 is 23.3. The van der Waals surface area contributed by atoms with Crippen molar-refractivity contribution in [3.63, 3.8) is 0 Å². The molecular formula is C15H26N4O2S. The molecule has 0 aliphatic carbocycles. The summed E-state index contributed by atoms with van der Waals surface area (Å²) >= 11 is 0. The lowest BCUT2D eigenvalue weighted by molar-refractivity contribution is 0.531. The van der Waals surface area contributed by atoms with Crippen LogP contribution >= 0.6 is 0 Å². The highest BCUT2D eigenvalue weighted by molar-refractivity contribution is 7.91. The second-order valence-electron chi connectivity index (χ2n) is 6.52. The minimum atomic E-state index is -2.94. The van der Waals surface area contributed by atoms with E-state index >= 15 is 0 Å². The number of sulfone groups is 1. The van der Waals surface area contributed by atoms with E-state index in [0.29, 0.717) is 24.7 Å². The number of hydrogen-bond acceptors (Lipinski definition) is 6. The zero-order chi connectivity index (χ0) is 16.5. The normalized spacial score (nSPS) is 17.1. The molecule has 1 aliphatic rings. The molecule has 1 fully saturated rings. The molecule has 0 atom stereocenters. The van der Waals surface area contributed by atoms with Crippen molar-refractivity contribution in [2.75, 3.05) is 43.2 Å². The Hall–Kier alpha value is -1.37. The average molecular weight is 326 g/mol. The maximum Gasteiger partial charge on any atom is 0.227 e. The molecule has 0 unspecified atom stereocenters. The largest absolute Gasteiger partial charge is 0.356 e. The molecule has 1 aromatic rings. The van der Waals surface area contributed by atoms with E-state index in [1.54, 1.807) is 0 Å². The Morgan fingerprint density at radius 3 is 2.27 bits per heavy atom. The van der Waals surface area contributed by atoms with Gasteiger partial charge in [-0.3, -0.25) is 0 Å². The molecule has 0 saturated carbocycles. The zero-order valence-corrected chi connectivity index (χ0v) is 14.9. The van der Waals surface area contributed by atoms with Crippen molar-refractivity contribution in [2.45, 2.75) is 37.9 Å². The highest BCUT2D eigenvalue weighted by Crippen LogP contribution is 2.25. The van der Waals surface area contributed by atoms with Crippen LogP contribution in [0.3, 0.4) is 0 Å². The maximum absolute atomic E-state index is 11.7. The number of rotatable bonds is 4. The third-order valence-electron chi connectivity index (χ3n) is 4.08. The van der Waals surface area contributed by atoms with E-state index in [2.05, 4.69) is 28.7 Å². The fraction of sp³-hybridized carbons (Fsp3) is 0.733. The van der Waals surface area contributed by atoms with Gasteiger partial charge in [0.25, 0.3) is 0 Å². The lowest BCUT2D eigenvalue weighted by atomic mass is 10.1. The van der Waals surface area contributed by atoms with Crippen molar-refractivity contribution in [3.8, 4) is 0 Å². The molecule has 0 bridgehead atoms. The third-order valence-corrected chi connectivity index (χ3v) is 5.77. The summed E-state index contributed by atoms with van der Waals surface area (Å²) in [7, 11) is 0.917. The van der Waals surface area contributed by atoms with E-state index in [0.717, 1.165) is 24.6 Å². The Kier molecular flexibility index (Phi) is 4.94. The number of hydrogen-bond donors (Lipinski definition) is 0. The van der Waals surface area contributed by atoms with Gasteiger partial charge in [0.1, 0.15) is 15.7 Å². The quantitative estimate of drug-likeness (QED) is 0.839. The Labute approximate surface area is 133 Å². The molecule has 6 nitrogen and oxygen atoms in total. The van der Waals surface area contributed by atoms with Crippen LogP contribution in [-0.2, 0) is 9.84 Å². The fourth-order valence-corrected chi connectivity index (χ4v) is 3.68. The second-order valence-corrected chi connectivity index (χ2v) is 8.84. The Morgan fingerprint density at radius 1 is 1.23 bits per heavy atom. The van der Waals surface area contributed by atoms with Gasteiger partial charge in [-0.15, -0.1) is 0 Å². The molecular weight excluding hydrogens is 300 g/mol. The summed E-state index contributed by atoms with van der Waals surface area (Å²) in [5, 5.41) is -0.219. The molecule has 2 heterocycles. The van der Waals surface area contributed by atoms with Gasteiger partial charge < -0.3 is 9.80 Å². The van der Waals surface area contributed by atoms with Gasteiger partial charge in [-0.1, -0.05) is 13.8 Å². The van der Waals surface area contributed by atoms with Gasteiger partial charge >= 0.3 is 0 Å². The summed E-state index contributed by atoms with van der Waals surface area (Å²) in [6.07, 6.45) is 2.66. The topological polar surface area (TPSA) is 66.4 Å². The van der Waals surface area contributed by atoms with Crippen molar-refractivity contribution in [2.24, 2.45) is 0 Å². The summed E-state index contributed by atoms with van der Waals surface area (Å²) in [6, 6.07) is 2.03. The molecule has 22 heavy (non-hydrogen) atoms. The lowest BCUT2D eigenvalue weighted by Crippen LogP contribution is -2.39. The minimum absolute atomic E-state index is 0.219. The number of anilines is 2. The molecule has 1 aliphatic heterocycles. The molecule has 0 aromatic carbocycles. The number of aromatic nitrogens is 2. The van der Waals surface area contributed by atoms with Crippen LogP contribution in [0.2, 0.25) is 0 Å². The molecule has 0 N–H and O–H groups in total. The van der Waals surface area contributed by atoms with Gasteiger partial charge in [0.15, 0.2) is 0 Å². The van der Waals surface area contributed by atoms with Crippen LogP contribution in [0, 0.1) is 0 Å². The Balaban J connectivity index is 2.22. The first kappa shape index (κ1) is 17.0. The fourth-order valence-electron chi connectivity index (χ4n) is 2.61. The zero-order valence-electron chi connectivity index (χ0n) is 14.1. The van der Waals surface area contributed by atoms with Crippen LogP contribution in [-0.4, -0.2) is 57.1 Å². The van der Waals surface area contributed by atoms with Crippen LogP contribution in [0.15, 0.2) is 6.07 Å². The first-order chi connectivity index (χ1) is 10.2.